The fourth-order valence-electron chi connectivity index (χ4n) is 10.3. The van der Waals surface area contributed by atoms with E-state index in [2.05, 4.69) is 184 Å². The molecule has 0 saturated heterocycles. The lowest BCUT2D eigenvalue weighted by atomic mass is 9.93. The molecule has 8 rings (SSSR count). The van der Waals surface area contributed by atoms with Crippen molar-refractivity contribution in [3.8, 4) is 78.6 Å². The van der Waals surface area contributed by atoms with Gasteiger partial charge in [-0.25, -0.2) is 0 Å². The molecule has 0 aliphatic carbocycles. The molecule has 8 aromatic carbocycles. The SMILES string of the molecule is C=C/C(=C(\COC)OC)c1ccc(-c2ccc(/C(C=C)=C(/C/C(OC)=C(\C=C)c3ccc(-c4ccc(-c5cc(Cc6cc(-c7ccc(-c8ccc(CC)cc8)cc7)c(OC)cc6OC)c(OC)cc5OC)cc4)cc3)OC)cc2)cc1. The van der Waals surface area contributed by atoms with Crippen molar-refractivity contribution in [2.45, 2.75) is 26.2 Å². The van der Waals surface area contributed by atoms with Gasteiger partial charge in [-0.1, -0.05) is 190 Å². The van der Waals surface area contributed by atoms with Gasteiger partial charge in [-0.15, -0.1) is 0 Å². The molecule has 8 heteroatoms. The van der Waals surface area contributed by atoms with E-state index in [0.717, 1.165) is 118 Å². The number of rotatable bonds is 25. The minimum Gasteiger partial charge on any atom is -0.500 e. The number of aryl methyl sites for hydroxylation is 1. The maximum Gasteiger partial charge on any atom is 0.130 e. The van der Waals surface area contributed by atoms with E-state index in [9.17, 15) is 0 Å². The van der Waals surface area contributed by atoms with Crippen LogP contribution < -0.4 is 18.9 Å². The standard InChI is InChI=1S/C73H72O8/c1-13-48-17-19-49(20-18-48)50-27-37-58(38-28-50)65-42-60(67(75-6)44-71(65)79-10)41-61-43-66(72(80-11)45-68(61)76-7)59-39-29-54(30-40-59)52-23-33-56(34-24-52)63(15-3)70(78-9)46-69(77-8)62(14-2)55-31-21-51(22-32-55)53-25-35-57(36-26-53)64(16-4)73(81-12)47-74-5/h14-40,42-45H,2-4,13,41,46-47H2,1,5-12H3/b69-62-,70-63-,73-64-. The molecule has 0 N–H and O–H groups in total. The Balaban J connectivity index is 1.01. The average Bonchev–Trinajstić information content (AvgIpc) is 3.64. The minimum atomic E-state index is 0.358. The van der Waals surface area contributed by atoms with E-state index in [-0.39, 0.29) is 0 Å². The Kier molecular flexibility index (Phi) is 19.7. The summed E-state index contributed by atoms with van der Waals surface area (Å²) in [4.78, 5) is 0. The zero-order valence-electron chi connectivity index (χ0n) is 48.1. The molecule has 81 heavy (non-hydrogen) atoms. The van der Waals surface area contributed by atoms with E-state index in [4.69, 9.17) is 37.9 Å². The van der Waals surface area contributed by atoms with E-state index >= 15 is 0 Å². The van der Waals surface area contributed by atoms with Crippen molar-refractivity contribution in [2.24, 2.45) is 0 Å². The van der Waals surface area contributed by atoms with Crippen molar-refractivity contribution in [3.05, 3.63) is 258 Å². The van der Waals surface area contributed by atoms with Crippen molar-refractivity contribution in [2.75, 3.05) is 63.5 Å². The maximum atomic E-state index is 6.08. The summed E-state index contributed by atoms with van der Waals surface area (Å²) in [5.41, 5.74) is 19.4. The first-order chi connectivity index (χ1) is 39.6. The maximum absolute atomic E-state index is 6.08. The van der Waals surface area contributed by atoms with Crippen LogP contribution in [0, 0.1) is 0 Å². The van der Waals surface area contributed by atoms with Crippen LogP contribution in [-0.4, -0.2) is 63.5 Å². The first-order valence-corrected chi connectivity index (χ1v) is 26.9. The van der Waals surface area contributed by atoms with Gasteiger partial charge in [0, 0.05) is 53.5 Å². The highest BCUT2D eigenvalue weighted by molar-refractivity contribution is 5.83. The molecule has 0 heterocycles. The Hall–Kier alpha value is -9.24. The Bertz CT molecular complexity index is 3560. The predicted octanol–water partition coefficient (Wildman–Crippen LogP) is 17.6. The third kappa shape index (κ3) is 13.1. The second kappa shape index (κ2) is 27.6. The van der Waals surface area contributed by atoms with Gasteiger partial charge in [-0.2, -0.15) is 0 Å². The summed E-state index contributed by atoms with van der Waals surface area (Å²) in [5.74, 6) is 5.02. The van der Waals surface area contributed by atoms with Crippen LogP contribution >= 0.6 is 0 Å². The quantitative estimate of drug-likeness (QED) is 0.0414. The largest absolute Gasteiger partial charge is 0.500 e. The van der Waals surface area contributed by atoms with Crippen molar-refractivity contribution >= 4 is 16.7 Å². The number of methoxy groups -OCH3 is 8. The fraction of sp³-hybridized carbons (Fsp3) is 0.178. The number of allylic oxidation sites excluding steroid dienone is 6. The highest BCUT2D eigenvalue weighted by Gasteiger charge is 2.20. The average molecular weight is 1080 g/mol. The Morgan fingerprint density at radius 1 is 0.358 bits per heavy atom. The Morgan fingerprint density at radius 2 is 0.654 bits per heavy atom. The molecular formula is C73H72O8. The Morgan fingerprint density at radius 3 is 0.938 bits per heavy atom. The van der Waals surface area contributed by atoms with Gasteiger partial charge >= 0.3 is 0 Å². The second-order valence-corrected chi connectivity index (χ2v) is 19.2. The molecule has 0 aliphatic rings. The smallest absolute Gasteiger partial charge is 0.130 e. The summed E-state index contributed by atoms with van der Waals surface area (Å²) >= 11 is 0. The lowest BCUT2D eigenvalue weighted by Gasteiger charge is -2.19. The van der Waals surface area contributed by atoms with E-state index in [1.807, 2.05) is 24.3 Å². The molecule has 0 aliphatic heterocycles. The molecule has 0 fully saturated rings. The van der Waals surface area contributed by atoms with Crippen LogP contribution in [0.2, 0.25) is 0 Å². The minimum absolute atomic E-state index is 0.358. The first-order valence-electron chi connectivity index (χ1n) is 26.9. The number of hydrogen-bond acceptors (Lipinski definition) is 8. The van der Waals surface area contributed by atoms with Gasteiger partial charge in [0.25, 0.3) is 0 Å². The van der Waals surface area contributed by atoms with Crippen LogP contribution in [-0.2, 0) is 31.8 Å². The topological polar surface area (TPSA) is 73.8 Å². The van der Waals surface area contributed by atoms with Gasteiger partial charge in [0.1, 0.15) is 46.9 Å². The molecule has 8 aromatic rings. The third-order valence-electron chi connectivity index (χ3n) is 14.8. The molecule has 0 atom stereocenters. The molecule has 0 spiro atoms. The molecule has 8 nitrogen and oxygen atoms in total. The highest BCUT2D eigenvalue weighted by Crippen LogP contribution is 2.42. The number of benzene rings is 8. The third-order valence-corrected chi connectivity index (χ3v) is 14.8. The van der Waals surface area contributed by atoms with Crippen molar-refractivity contribution in [1.82, 2.24) is 0 Å². The van der Waals surface area contributed by atoms with Crippen molar-refractivity contribution < 1.29 is 37.9 Å². The lowest BCUT2D eigenvalue weighted by Crippen LogP contribution is -2.01. The van der Waals surface area contributed by atoms with Crippen LogP contribution in [0.3, 0.4) is 0 Å². The highest BCUT2D eigenvalue weighted by atomic mass is 16.5. The van der Waals surface area contributed by atoms with Crippen LogP contribution in [0.4, 0.5) is 0 Å². The summed E-state index contributed by atoms with van der Waals surface area (Å²) in [6.45, 7) is 14.9. The summed E-state index contributed by atoms with van der Waals surface area (Å²) in [6.07, 6.45) is 7.37. The molecule has 0 aromatic heterocycles. The van der Waals surface area contributed by atoms with Gasteiger partial charge in [0.2, 0.25) is 0 Å². The number of hydrogen-bond donors (Lipinski definition) is 0. The van der Waals surface area contributed by atoms with E-state index in [1.54, 1.807) is 63.0 Å². The van der Waals surface area contributed by atoms with Crippen LogP contribution in [0.25, 0.3) is 72.4 Å². The normalized spacial score (nSPS) is 12.0. The summed E-state index contributed by atoms with van der Waals surface area (Å²) in [7, 11) is 13.4. The van der Waals surface area contributed by atoms with E-state index in [0.29, 0.717) is 42.5 Å². The zero-order valence-corrected chi connectivity index (χ0v) is 48.1. The molecule has 0 unspecified atom stereocenters. The van der Waals surface area contributed by atoms with Gasteiger partial charge in [-0.3, -0.25) is 0 Å². The van der Waals surface area contributed by atoms with Crippen molar-refractivity contribution in [1.29, 1.82) is 0 Å². The van der Waals surface area contributed by atoms with Gasteiger partial charge in [0.15, 0.2) is 0 Å². The summed E-state index contributed by atoms with van der Waals surface area (Å²) in [5, 5.41) is 0. The summed E-state index contributed by atoms with van der Waals surface area (Å²) in [6, 6.07) is 59.3. The van der Waals surface area contributed by atoms with Crippen LogP contribution in [0.5, 0.6) is 23.0 Å². The molecule has 0 amide bonds. The van der Waals surface area contributed by atoms with Crippen LogP contribution in [0.1, 0.15) is 46.7 Å². The summed E-state index contributed by atoms with van der Waals surface area (Å²) < 4.78 is 47.0. The van der Waals surface area contributed by atoms with E-state index < -0.39 is 0 Å². The van der Waals surface area contributed by atoms with E-state index in [1.165, 1.54) is 11.1 Å². The van der Waals surface area contributed by atoms with Gasteiger partial charge < -0.3 is 37.9 Å². The number of ether oxygens (including phenoxy) is 8. The zero-order chi connectivity index (χ0) is 57.4. The molecule has 0 saturated carbocycles. The molecular weight excluding hydrogens is 1000 g/mol. The van der Waals surface area contributed by atoms with Crippen molar-refractivity contribution in [3.63, 3.8) is 0 Å². The van der Waals surface area contributed by atoms with Crippen LogP contribution in [0.15, 0.2) is 225 Å². The lowest BCUT2D eigenvalue weighted by molar-refractivity contribution is 0.161. The predicted molar refractivity (Wildman–Crippen MR) is 334 cm³/mol. The van der Waals surface area contributed by atoms with Gasteiger partial charge in [-0.05, 0) is 96.4 Å². The Labute approximate surface area is 479 Å². The second-order valence-electron chi connectivity index (χ2n) is 19.2. The molecule has 0 bridgehead atoms. The monoisotopic (exact) mass is 1080 g/mol. The first kappa shape index (κ1) is 57.9. The fourth-order valence-corrected chi connectivity index (χ4v) is 10.3. The molecule has 0 radical (unpaired) electrons. The molecule has 412 valence electrons. The van der Waals surface area contributed by atoms with Gasteiger partial charge in [0.05, 0.1) is 56.2 Å².